The molecule has 3 aromatic rings. The number of halogens is 1. The quantitative estimate of drug-likeness (QED) is 0.692. The molecule has 8 heteroatoms. The predicted molar refractivity (Wildman–Crippen MR) is 108 cm³/mol. The minimum absolute atomic E-state index is 0.0539. The minimum Gasteiger partial charge on any atom is -0.383 e. The van der Waals surface area contributed by atoms with Gasteiger partial charge in [0, 0.05) is 19.7 Å². The summed E-state index contributed by atoms with van der Waals surface area (Å²) in [6.45, 7) is 3.11. The first kappa shape index (κ1) is 19.3. The van der Waals surface area contributed by atoms with Gasteiger partial charge >= 0.3 is 0 Å². The topological polar surface area (TPSA) is 71.8 Å². The normalized spacial score (nSPS) is 17.6. The van der Waals surface area contributed by atoms with E-state index in [2.05, 4.69) is 20.3 Å². The second kappa shape index (κ2) is 8.16. The molecule has 7 nitrogen and oxygen atoms in total. The van der Waals surface area contributed by atoms with Crippen molar-refractivity contribution in [1.29, 1.82) is 0 Å². The average Bonchev–Trinajstić information content (AvgIpc) is 3.34. The molecule has 1 fully saturated rings. The lowest BCUT2D eigenvalue weighted by atomic mass is 10.0. The van der Waals surface area contributed by atoms with Gasteiger partial charge in [0.1, 0.15) is 11.6 Å². The lowest BCUT2D eigenvalue weighted by Gasteiger charge is -2.26. The molecule has 1 amide bonds. The molecule has 2 atom stereocenters. The van der Waals surface area contributed by atoms with Gasteiger partial charge in [-0.2, -0.15) is 0 Å². The Hall–Kier alpha value is -3.00. The highest BCUT2D eigenvalue weighted by molar-refractivity contribution is 5.93. The second-order valence-electron chi connectivity index (χ2n) is 7.34. The Morgan fingerprint density at radius 3 is 3.03 bits per heavy atom. The van der Waals surface area contributed by atoms with Crippen molar-refractivity contribution in [1.82, 2.24) is 19.9 Å². The molecule has 2 aromatic heterocycles. The molecule has 0 bridgehead atoms. The van der Waals surface area contributed by atoms with Crippen LogP contribution in [0.3, 0.4) is 0 Å². The molecule has 1 aliphatic heterocycles. The Kier molecular flexibility index (Phi) is 5.44. The number of hydrogen-bond donors (Lipinski definition) is 1. The fraction of sp³-hybridized carbons (Fsp3) is 0.381. The van der Waals surface area contributed by atoms with Gasteiger partial charge in [-0.25, -0.2) is 13.9 Å². The third-order valence-electron chi connectivity index (χ3n) is 5.16. The Morgan fingerprint density at radius 2 is 2.24 bits per heavy atom. The zero-order valence-electron chi connectivity index (χ0n) is 16.5. The number of methoxy groups -OCH3 is 1. The van der Waals surface area contributed by atoms with Crippen molar-refractivity contribution in [3.05, 3.63) is 59.7 Å². The molecule has 1 aromatic carbocycles. The van der Waals surface area contributed by atoms with Crippen LogP contribution in [-0.2, 0) is 4.74 Å². The maximum Gasteiger partial charge on any atom is 0.271 e. The Labute approximate surface area is 168 Å². The Balaban J connectivity index is 1.64. The molecule has 1 aliphatic rings. The standard InChI is InChI=1S/C21H24FN5O2/c1-14(13-29-2)24-21(28)18-12-23-19-8-9-20(25-27(18)19)26-10-4-7-17(26)15-5-3-6-16(22)11-15/h3,5-6,8-9,11-12,14,17H,4,7,10,13H2,1-2H3,(H,24,28). The van der Waals surface area contributed by atoms with E-state index in [1.165, 1.54) is 12.3 Å². The summed E-state index contributed by atoms with van der Waals surface area (Å²) < 4.78 is 20.4. The highest BCUT2D eigenvalue weighted by Crippen LogP contribution is 2.35. The van der Waals surface area contributed by atoms with E-state index in [1.807, 2.05) is 25.1 Å². The van der Waals surface area contributed by atoms with Crippen LogP contribution >= 0.6 is 0 Å². The SMILES string of the molecule is COCC(C)NC(=O)c1cnc2ccc(N3CCCC3c3cccc(F)c3)nn12. The van der Waals surface area contributed by atoms with Crippen LogP contribution in [0.5, 0.6) is 0 Å². The van der Waals surface area contributed by atoms with Crippen LogP contribution in [0.2, 0.25) is 0 Å². The van der Waals surface area contributed by atoms with Gasteiger partial charge < -0.3 is 15.0 Å². The van der Waals surface area contributed by atoms with Gasteiger partial charge in [0.2, 0.25) is 0 Å². The van der Waals surface area contributed by atoms with E-state index in [1.54, 1.807) is 23.8 Å². The lowest BCUT2D eigenvalue weighted by molar-refractivity contribution is 0.0898. The van der Waals surface area contributed by atoms with E-state index in [4.69, 9.17) is 4.74 Å². The lowest BCUT2D eigenvalue weighted by Crippen LogP contribution is -2.36. The fourth-order valence-corrected chi connectivity index (χ4v) is 3.86. The highest BCUT2D eigenvalue weighted by Gasteiger charge is 2.28. The number of carbonyl (C=O) groups is 1. The van der Waals surface area contributed by atoms with Crippen molar-refractivity contribution in [2.24, 2.45) is 0 Å². The fourth-order valence-electron chi connectivity index (χ4n) is 3.86. The molecular weight excluding hydrogens is 373 g/mol. The summed E-state index contributed by atoms with van der Waals surface area (Å²) in [6, 6.07) is 10.4. The van der Waals surface area contributed by atoms with Crippen LogP contribution in [0.25, 0.3) is 5.65 Å². The third-order valence-corrected chi connectivity index (χ3v) is 5.16. The van der Waals surface area contributed by atoms with Crippen molar-refractivity contribution in [3.8, 4) is 0 Å². The summed E-state index contributed by atoms with van der Waals surface area (Å²) in [7, 11) is 1.59. The predicted octanol–water partition coefficient (Wildman–Crippen LogP) is 2.97. The molecule has 1 saturated heterocycles. The summed E-state index contributed by atoms with van der Waals surface area (Å²) in [6.07, 6.45) is 3.44. The molecule has 152 valence electrons. The summed E-state index contributed by atoms with van der Waals surface area (Å²) in [5.74, 6) is 0.243. The number of hydrogen-bond acceptors (Lipinski definition) is 5. The molecule has 0 spiro atoms. The number of nitrogens with zero attached hydrogens (tertiary/aromatic N) is 4. The van der Waals surface area contributed by atoms with Crippen LogP contribution in [-0.4, -0.2) is 46.8 Å². The summed E-state index contributed by atoms with van der Waals surface area (Å²) in [5, 5.41) is 7.57. The Bertz CT molecular complexity index is 1020. The van der Waals surface area contributed by atoms with Gasteiger partial charge in [-0.05, 0) is 49.6 Å². The molecular formula is C21H24FN5O2. The van der Waals surface area contributed by atoms with E-state index < -0.39 is 0 Å². The maximum absolute atomic E-state index is 13.7. The van der Waals surface area contributed by atoms with Crippen molar-refractivity contribution >= 4 is 17.4 Å². The zero-order chi connectivity index (χ0) is 20.4. The summed E-state index contributed by atoms with van der Waals surface area (Å²) in [4.78, 5) is 19.1. The second-order valence-corrected chi connectivity index (χ2v) is 7.34. The summed E-state index contributed by atoms with van der Waals surface area (Å²) in [5.41, 5.74) is 1.90. The number of aromatic nitrogens is 3. The van der Waals surface area contributed by atoms with E-state index in [-0.39, 0.29) is 23.8 Å². The largest absolute Gasteiger partial charge is 0.383 e. The highest BCUT2D eigenvalue weighted by atomic mass is 19.1. The van der Waals surface area contributed by atoms with Crippen molar-refractivity contribution in [2.75, 3.05) is 25.2 Å². The number of imidazole rings is 1. The molecule has 4 rings (SSSR count). The van der Waals surface area contributed by atoms with Crippen molar-refractivity contribution in [2.45, 2.75) is 31.8 Å². The maximum atomic E-state index is 13.7. The molecule has 0 saturated carbocycles. The van der Waals surface area contributed by atoms with Gasteiger partial charge in [-0.3, -0.25) is 4.79 Å². The van der Waals surface area contributed by atoms with E-state index in [0.717, 1.165) is 30.8 Å². The molecule has 29 heavy (non-hydrogen) atoms. The first-order valence-electron chi connectivity index (χ1n) is 9.73. The van der Waals surface area contributed by atoms with Crippen LogP contribution in [0.4, 0.5) is 10.2 Å². The van der Waals surface area contributed by atoms with Crippen molar-refractivity contribution < 1.29 is 13.9 Å². The third kappa shape index (κ3) is 3.93. The smallest absolute Gasteiger partial charge is 0.271 e. The monoisotopic (exact) mass is 397 g/mol. The molecule has 0 radical (unpaired) electrons. The van der Waals surface area contributed by atoms with E-state index in [0.29, 0.717) is 17.9 Å². The minimum atomic E-state index is -0.255. The van der Waals surface area contributed by atoms with Gasteiger partial charge in [-0.15, -0.1) is 5.10 Å². The van der Waals surface area contributed by atoms with Gasteiger partial charge in [-0.1, -0.05) is 12.1 Å². The van der Waals surface area contributed by atoms with Crippen LogP contribution in [0.15, 0.2) is 42.6 Å². The van der Waals surface area contributed by atoms with Crippen molar-refractivity contribution in [3.63, 3.8) is 0 Å². The van der Waals surface area contributed by atoms with Gasteiger partial charge in [0.25, 0.3) is 5.91 Å². The molecule has 0 aliphatic carbocycles. The number of ether oxygens (including phenoxy) is 1. The first-order chi connectivity index (χ1) is 14.1. The van der Waals surface area contributed by atoms with Gasteiger partial charge in [0.15, 0.2) is 11.3 Å². The molecule has 2 unspecified atom stereocenters. The van der Waals surface area contributed by atoms with Crippen LogP contribution in [0.1, 0.15) is 41.9 Å². The summed E-state index contributed by atoms with van der Waals surface area (Å²) >= 11 is 0. The van der Waals surface area contributed by atoms with E-state index in [9.17, 15) is 9.18 Å². The average molecular weight is 397 g/mol. The van der Waals surface area contributed by atoms with E-state index >= 15 is 0 Å². The Morgan fingerprint density at radius 1 is 1.38 bits per heavy atom. The number of anilines is 1. The van der Waals surface area contributed by atoms with Crippen LogP contribution < -0.4 is 10.2 Å². The molecule has 3 heterocycles. The first-order valence-corrected chi connectivity index (χ1v) is 9.73. The number of carbonyl (C=O) groups excluding carboxylic acids is 1. The number of fused-ring (bicyclic) bond motifs is 1. The van der Waals surface area contributed by atoms with Gasteiger partial charge in [0.05, 0.1) is 18.8 Å². The molecule has 1 N–H and O–H groups in total. The number of amides is 1. The zero-order valence-corrected chi connectivity index (χ0v) is 16.5. The van der Waals surface area contributed by atoms with Crippen LogP contribution in [0, 0.1) is 5.82 Å². The number of nitrogens with one attached hydrogen (secondary N) is 1. The number of benzene rings is 1. The number of rotatable bonds is 6.